The first kappa shape index (κ1) is 14.9. The van der Waals surface area contributed by atoms with E-state index in [1.165, 1.54) is 10.5 Å². The Balaban J connectivity index is 1.95. The Bertz CT molecular complexity index is 542. The van der Waals surface area contributed by atoms with Crippen LogP contribution >= 0.6 is 11.8 Å². The highest BCUT2D eigenvalue weighted by molar-refractivity contribution is 7.98. The summed E-state index contributed by atoms with van der Waals surface area (Å²) in [6, 6.07) is 14.8. The van der Waals surface area contributed by atoms with Gasteiger partial charge in [-0.3, -0.25) is 0 Å². The maximum absolute atomic E-state index is 5.13. The van der Waals surface area contributed by atoms with Gasteiger partial charge >= 0.3 is 0 Å². The van der Waals surface area contributed by atoms with E-state index in [1.54, 1.807) is 18.9 Å². The van der Waals surface area contributed by atoms with E-state index in [9.17, 15) is 0 Å². The number of hydrogen-bond donors (Lipinski definition) is 1. The maximum atomic E-state index is 5.13. The van der Waals surface area contributed by atoms with Crippen LogP contribution in [0, 0.1) is 0 Å². The molecule has 0 aliphatic carbocycles. The lowest BCUT2D eigenvalue weighted by molar-refractivity contribution is 0.395. The number of hydrogen-bond acceptors (Lipinski definition) is 4. The van der Waals surface area contributed by atoms with Crippen LogP contribution in [0.3, 0.4) is 0 Å². The van der Waals surface area contributed by atoms with E-state index in [2.05, 4.69) is 47.7 Å². The van der Waals surface area contributed by atoms with E-state index in [-0.39, 0.29) is 0 Å². The largest absolute Gasteiger partial charge is 0.481 e. The zero-order valence-electron chi connectivity index (χ0n) is 12.1. The van der Waals surface area contributed by atoms with Crippen molar-refractivity contribution in [3.8, 4) is 5.88 Å². The molecule has 0 saturated carbocycles. The van der Waals surface area contributed by atoms with E-state index < -0.39 is 0 Å². The molecular formula is C16H20N2OS. The minimum absolute atomic E-state index is 0.291. The van der Waals surface area contributed by atoms with Gasteiger partial charge in [-0.15, -0.1) is 11.8 Å². The molecule has 0 spiro atoms. The van der Waals surface area contributed by atoms with E-state index >= 15 is 0 Å². The predicted molar refractivity (Wildman–Crippen MR) is 84.3 cm³/mol. The first-order valence-electron chi connectivity index (χ1n) is 6.60. The summed E-state index contributed by atoms with van der Waals surface area (Å²) in [5.74, 6) is 0.654. The van der Waals surface area contributed by atoms with Crippen LogP contribution in [-0.4, -0.2) is 18.3 Å². The number of methoxy groups -OCH3 is 1. The molecule has 0 fully saturated rings. The second kappa shape index (κ2) is 7.31. The SMILES string of the molecule is COc1cccc(CNC(C)c2ccc(SC)cc2)n1. The summed E-state index contributed by atoms with van der Waals surface area (Å²) in [5.41, 5.74) is 2.27. The molecular weight excluding hydrogens is 268 g/mol. The lowest BCUT2D eigenvalue weighted by Crippen LogP contribution is -2.18. The van der Waals surface area contributed by atoms with Gasteiger partial charge in [0.2, 0.25) is 5.88 Å². The monoisotopic (exact) mass is 288 g/mol. The van der Waals surface area contributed by atoms with Crippen molar-refractivity contribution in [2.75, 3.05) is 13.4 Å². The van der Waals surface area contributed by atoms with Crippen LogP contribution in [-0.2, 0) is 6.54 Å². The van der Waals surface area contributed by atoms with Crippen molar-refractivity contribution in [3.05, 3.63) is 53.7 Å². The molecule has 106 valence electrons. The Morgan fingerprint density at radius 2 is 1.95 bits per heavy atom. The van der Waals surface area contributed by atoms with Gasteiger partial charge in [0.05, 0.1) is 12.8 Å². The average Bonchev–Trinajstić information content (AvgIpc) is 2.53. The van der Waals surface area contributed by atoms with Crippen molar-refractivity contribution in [2.45, 2.75) is 24.4 Å². The van der Waals surface area contributed by atoms with Crippen LogP contribution in [0.4, 0.5) is 0 Å². The molecule has 1 aromatic heterocycles. The van der Waals surface area contributed by atoms with Gasteiger partial charge in [0.15, 0.2) is 0 Å². The Kier molecular flexibility index (Phi) is 5.44. The Morgan fingerprint density at radius 1 is 1.20 bits per heavy atom. The molecule has 0 amide bonds. The van der Waals surface area contributed by atoms with Crippen molar-refractivity contribution >= 4 is 11.8 Å². The summed E-state index contributed by atoms with van der Waals surface area (Å²) in [4.78, 5) is 5.68. The molecule has 0 aliphatic rings. The van der Waals surface area contributed by atoms with Gasteiger partial charge in [-0.05, 0) is 36.9 Å². The molecule has 20 heavy (non-hydrogen) atoms. The molecule has 3 nitrogen and oxygen atoms in total. The van der Waals surface area contributed by atoms with E-state index in [0.29, 0.717) is 11.9 Å². The number of benzene rings is 1. The summed E-state index contributed by atoms with van der Waals surface area (Å²) < 4.78 is 5.13. The summed E-state index contributed by atoms with van der Waals surface area (Å²) in [5, 5.41) is 3.48. The van der Waals surface area contributed by atoms with E-state index in [4.69, 9.17) is 4.74 Å². The van der Waals surface area contributed by atoms with Gasteiger partial charge in [0.1, 0.15) is 0 Å². The molecule has 2 rings (SSSR count). The first-order valence-corrected chi connectivity index (χ1v) is 7.82. The van der Waals surface area contributed by atoms with E-state index in [0.717, 1.165) is 12.2 Å². The van der Waals surface area contributed by atoms with Gasteiger partial charge in [-0.25, -0.2) is 4.98 Å². The molecule has 0 radical (unpaired) electrons. The van der Waals surface area contributed by atoms with Crippen molar-refractivity contribution in [2.24, 2.45) is 0 Å². The highest BCUT2D eigenvalue weighted by atomic mass is 32.2. The average molecular weight is 288 g/mol. The Morgan fingerprint density at radius 3 is 2.60 bits per heavy atom. The Hall–Kier alpha value is -1.52. The lowest BCUT2D eigenvalue weighted by Gasteiger charge is -2.14. The normalized spacial score (nSPS) is 12.2. The van der Waals surface area contributed by atoms with Gasteiger partial charge in [0, 0.05) is 23.5 Å². The van der Waals surface area contributed by atoms with Crippen LogP contribution in [0.2, 0.25) is 0 Å². The molecule has 4 heteroatoms. The van der Waals surface area contributed by atoms with Crippen LogP contribution in [0.25, 0.3) is 0 Å². The third-order valence-electron chi connectivity index (χ3n) is 3.20. The molecule has 1 atom stereocenters. The summed E-state index contributed by atoms with van der Waals surface area (Å²) >= 11 is 1.76. The minimum Gasteiger partial charge on any atom is -0.481 e. The van der Waals surface area contributed by atoms with E-state index in [1.807, 2.05) is 18.2 Å². The topological polar surface area (TPSA) is 34.1 Å². The van der Waals surface area contributed by atoms with Crippen LogP contribution in [0.15, 0.2) is 47.4 Å². The fraction of sp³-hybridized carbons (Fsp3) is 0.312. The molecule has 1 aromatic carbocycles. The number of rotatable bonds is 6. The molecule has 1 N–H and O–H groups in total. The van der Waals surface area contributed by atoms with Crippen molar-refractivity contribution in [3.63, 3.8) is 0 Å². The standard InChI is InChI=1S/C16H20N2OS/c1-12(13-7-9-15(20-3)10-8-13)17-11-14-5-4-6-16(18-14)19-2/h4-10,12,17H,11H2,1-3H3. The van der Waals surface area contributed by atoms with Crippen LogP contribution < -0.4 is 10.1 Å². The molecule has 1 heterocycles. The molecule has 1 unspecified atom stereocenters. The van der Waals surface area contributed by atoms with Gasteiger partial charge in [-0.2, -0.15) is 0 Å². The first-order chi connectivity index (χ1) is 9.72. The molecule has 2 aromatic rings. The van der Waals surface area contributed by atoms with Gasteiger partial charge < -0.3 is 10.1 Å². The fourth-order valence-corrected chi connectivity index (χ4v) is 2.35. The van der Waals surface area contributed by atoms with Crippen molar-refractivity contribution in [1.29, 1.82) is 0 Å². The predicted octanol–water partition coefficient (Wildman–Crippen LogP) is 3.66. The number of nitrogens with zero attached hydrogens (tertiary/aromatic N) is 1. The lowest BCUT2D eigenvalue weighted by atomic mass is 10.1. The zero-order valence-corrected chi connectivity index (χ0v) is 12.9. The number of ether oxygens (including phenoxy) is 1. The van der Waals surface area contributed by atoms with Crippen LogP contribution in [0.1, 0.15) is 24.2 Å². The number of thioether (sulfide) groups is 1. The Labute approximate surface area is 124 Å². The third-order valence-corrected chi connectivity index (χ3v) is 3.94. The van der Waals surface area contributed by atoms with Gasteiger partial charge in [0.25, 0.3) is 0 Å². The fourth-order valence-electron chi connectivity index (χ4n) is 1.94. The summed E-state index contributed by atoms with van der Waals surface area (Å²) in [6.07, 6.45) is 2.09. The molecule has 0 saturated heterocycles. The third kappa shape index (κ3) is 3.99. The summed E-state index contributed by atoms with van der Waals surface area (Å²) in [6.45, 7) is 2.89. The molecule has 0 bridgehead atoms. The quantitative estimate of drug-likeness (QED) is 0.823. The smallest absolute Gasteiger partial charge is 0.213 e. The van der Waals surface area contributed by atoms with Gasteiger partial charge in [-0.1, -0.05) is 18.2 Å². The molecule has 0 aliphatic heterocycles. The number of nitrogens with one attached hydrogen (secondary N) is 1. The zero-order chi connectivity index (χ0) is 14.4. The number of pyridine rings is 1. The number of aromatic nitrogens is 1. The second-order valence-electron chi connectivity index (χ2n) is 4.55. The highest BCUT2D eigenvalue weighted by Gasteiger charge is 2.05. The second-order valence-corrected chi connectivity index (χ2v) is 5.43. The highest BCUT2D eigenvalue weighted by Crippen LogP contribution is 2.19. The summed E-state index contributed by atoms with van der Waals surface area (Å²) in [7, 11) is 1.63. The van der Waals surface area contributed by atoms with Crippen molar-refractivity contribution < 1.29 is 4.74 Å². The van der Waals surface area contributed by atoms with Crippen molar-refractivity contribution in [1.82, 2.24) is 10.3 Å². The van der Waals surface area contributed by atoms with Crippen LogP contribution in [0.5, 0.6) is 5.88 Å². The maximum Gasteiger partial charge on any atom is 0.213 e. The minimum atomic E-state index is 0.291.